The van der Waals surface area contributed by atoms with Gasteiger partial charge in [-0.05, 0) is 12.8 Å². The summed E-state index contributed by atoms with van der Waals surface area (Å²) in [6, 6.07) is 1.24. The van der Waals surface area contributed by atoms with Gasteiger partial charge in [-0.3, -0.25) is 9.79 Å². The standard InChI is InChI=1S/C11H19N3O/c1-3-9-10(4-2)14(7-13-9)8-5-11(15)12-6-8/h7-10H,3-6H2,1-2H3,(H,12,15)/t8-,9?,10-/m0/s1. The van der Waals surface area contributed by atoms with Crippen LogP contribution in [0.4, 0.5) is 0 Å². The molecular weight excluding hydrogens is 190 g/mol. The third-order valence-electron chi connectivity index (χ3n) is 3.43. The van der Waals surface area contributed by atoms with E-state index in [1.807, 2.05) is 6.34 Å². The summed E-state index contributed by atoms with van der Waals surface area (Å²) < 4.78 is 0. The van der Waals surface area contributed by atoms with Gasteiger partial charge in [-0.1, -0.05) is 13.8 Å². The van der Waals surface area contributed by atoms with Crippen molar-refractivity contribution in [3.05, 3.63) is 0 Å². The summed E-state index contributed by atoms with van der Waals surface area (Å²) in [5, 5.41) is 2.88. The summed E-state index contributed by atoms with van der Waals surface area (Å²) in [6.45, 7) is 5.14. The number of hydrogen-bond donors (Lipinski definition) is 1. The molecule has 0 bridgehead atoms. The van der Waals surface area contributed by atoms with Crippen LogP contribution in [-0.4, -0.2) is 41.8 Å². The van der Waals surface area contributed by atoms with Crippen molar-refractivity contribution in [2.24, 2.45) is 4.99 Å². The van der Waals surface area contributed by atoms with Gasteiger partial charge < -0.3 is 10.2 Å². The second-order valence-electron chi connectivity index (χ2n) is 4.32. The highest BCUT2D eigenvalue weighted by atomic mass is 16.1. The van der Waals surface area contributed by atoms with Crippen LogP contribution in [-0.2, 0) is 4.79 Å². The fraction of sp³-hybridized carbons (Fsp3) is 0.818. The topological polar surface area (TPSA) is 44.7 Å². The summed E-state index contributed by atoms with van der Waals surface area (Å²) in [6.07, 6.45) is 4.76. The number of nitrogens with one attached hydrogen (secondary N) is 1. The van der Waals surface area contributed by atoms with Crippen molar-refractivity contribution < 1.29 is 4.79 Å². The Morgan fingerprint density at radius 2 is 2.33 bits per heavy atom. The SMILES string of the molecule is CCC1N=CN([C@@H]2CNC(=O)C2)[C@H]1CC. The Bertz CT molecular complexity index is 277. The van der Waals surface area contributed by atoms with Crippen molar-refractivity contribution in [1.29, 1.82) is 0 Å². The Hall–Kier alpha value is -1.06. The van der Waals surface area contributed by atoms with E-state index in [2.05, 4.69) is 29.1 Å². The van der Waals surface area contributed by atoms with Gasteiger partial charge in [-0.2, -0.15) is 0 Å². The molecule has 0 radical (unpaired) electrons. The predicted octanol–water partition coefficient (Wildman–Crippen LogP) is 0.776. The molecular formula is C11H19N3O. The lowest BCUT2D eigenvalue weighted by Crippen LogP contribution is -2.43. The third kappa shape index (κ3) is 1.85. The molecule has 4 nitrogen and oxygen atoms in total. The summed E-state index contributed by atoms with van der Waals surface area (Å²) >= 11 is 0. The summed E-state index contributed by atoms with van der Waals surface area (Å²) in [4.78, 5) is 18.0. The number of carbonyl (C=O) groups excluding carboxylic acids is 1. The van der Waals surface area contributed by atoms with E-state index in [4.69, 9.17) is 0 Å². The first kappa shape index (κ1) is 10.5. The second kappa shape index (κ2) is 4.21. The molecule has 3 atom stereocenters. The zero-order valence-corrected chi connectivity index (χ0v) is 9.44. The van der Waals surface area contributed by atoms with Crippen molar-refractivity contribution >= 4 is 12.2 Å². The molecule has 0 saturated carbocycles. The minimum Gasteiger partial charge on any atom is -0.354 e. The molecule has 1 unspecified atom stereocenters. The van der Waals surface area contributed by atoms with Gasteiger partial charge in [0.15, 0.2) is 0 Å². The molecule has 1 N–H and O–H groups in total. The molecule has 84 valence electrons. The van der Waals surface area contributed by atoms with Crippen molar-refractivity contribution in [3.63, 3.8) is 0 Å². The number of hydrogen-bond acceptors (Lipinski definition) is 3. The number of rotatable bonds is 3. The summed E-state index contributed by atoms with van der Waals surface area (Å²) in [5.74, 6) is 0.170. The quantitative estimate of drug-likeness (QED) is 0.746. The van der Waals surface area contributed by atoms with Gasteiger partial charge in [-0.25, -0.2) is 0 Å². The highest BCUT2D eigenvalue weighted by molar-refractivity contribution is 5.79. The molecule has 0 aromatic carbocycles. The van der Waals surface area contributed by atoms with E-state index < -0.39 is 0 Å². The first-order chi connectivity index (χ1) is 7.26. The Morgan fingerprint density at radius 1 is 1.53 bits per heavy atom. The molecule has 2 aliphatic heterocycles. The average molecular weight is 209 g/mol. The van der Waals surface area contributed by atoms with Crippen LogP contribution >= 0.6 is 0 Å². The molecule has 1 fully saturated rings. The molecule has 2 rings (SSSR count). The van der Waals surface area contributed by atoms with Gasteiger partial charge in [0.25, 0.3) is 0 Å². The molecule has 2 aliphatic rings. The first-order valence-electron chi connectivity index (χ1n) is 5.83. The monoisotopic (exact) mass is 209 g/mol. The lowest BCUT2D eigenvalue weighted by atomic mass is 10.0. The van der Waals surface area contributed by atoms with Gasteiger partial charge in [0.05, 0.1) is 24.5 Å². The predicted molar refractivity (Wildman–Crippen MR) is 59.9 cm³/mol. The van der Waals surface area contributed by atoms with E-state index in [9.17, 15) is 4.79 Å². The average Bonchev–Trinajstić information content (AvgIpc) is 2.82. The van der Waals surface area contributed by atoms with Crippen molar-refractivity contribution in [2.45, 2.75) is 51.2 Å². The van der Waals surface area contributed by atoms with Crippen LogP contribution in [0.1, 0.15) is 33.1 Å². The Labute approximate surface area is 90.7 Å². The maximum atomic E-state index is 11.2. The maximum absolute atomic E-state index is 11.2. The molecule has 15 heavy (non-hydrogen) atoms. The molecule has 0 aromatic rings. The van der Waals surface area contributed by atoms with Crippen molar-refractivity contribution in [1.82, 2.24) is 10.2 Å². The van der Waals surface area contributed by atoms with E-state index in [0.717, 1.165) is 19.4 Å². The van der Waals surface area contributed by atoms with Gasteiger partial charge in [0.1, 0.15) is 0 Å². The number of nitrogens with zero attached hydrogens (tertiary/aromatic N) is 2. The third-order valence-corrected chi connectivity index (χ3v) is 3.43. The van der Waals surface area contributed by atoms with Crippen LogP contribution in [0.25, 0.3) is 0 Å². The van der Waals surface area contributed by atoms with Crippen LogP contribution in [0.3, 0.4) is 0 Å². The zero-order chi connectivity index (χ0) is 10.8. The van der Waals surface area contributed by atoms with E-state index in [0.29, 0.717) is 24.5 Å². The van der Waals surface area contributed by atoms with E-state index in [1.165, 1.54) is 0 Å². The van der Waals surface area contributed by atoms with Crippen LogP contribution in [0.5, 0.6) is 0 Å². The van der Waals surface area contributed by atoms with E-state index in [-0.39, 0.29) is 5.91 Å². The van der Waals surface area contributed by atoms with Crippen molar-refractivity contribution in [2.75, 3.05) is 6.54 Å². The lowest BCUT2D eigenvalue weighted by Gasteiger charge is -2.30. The number of aliphatic imine (C=N–C) groups is 1. The Kier molecular flexibility index (Phi) is 2.93. The lowest BCUT2D eigenvalue weighted by molar-refractivity contribution is -0.119. The van der Waals surface area contributed by atoms with Crippen LogP contribution in [0.2, 0.25) is 0 Å². The van der Waals surface area contributed by atoms with Crippen molar-refractivity contribution in [3.8, 4) is 0 Å². The highest BCUT2D eigenvalue weighted by Crippen LogP contribution is 2.24. The second-order valence-corrected chi connectivity index (χ2v) is 4.32. The zero-order valence-electron chi connectivity index (χ0n) is 9.44. The molecule has 0 aromatic heterocycles. The van der Waals surface area contributed by atoms with Gasteiger partial charge >= 0.3 is 0 Å². The first-order valence-corrected chi connectivity index (χ1v) is 5.83. The normalized spacial score (nSPS) is 34.9. The molecule has 1 saturated heterocycles. The minimum absolute atomic E-state index is 0.170. The molecule has 4 heteroatoms. The maximum Gasteiger partial charge on any atom is 0.222 e. The van der Waals surface area contributed by atoms with Gasteiger partial charge in [0.2, 0.25) is 5.91 Å². The highest BCUT2D eigenvalue weighted by Gasteiger charge is 2.35. The van der Waals surface area contributed by atoms with Crippen LogP contribution in [0, 0.1) is 0 Å². The Balaban J connectivity index is 2.03. The van der Waals surface area contributed by atoms with Crippen LogP contribution < -0.4 is 5.32 Å². The molecule has 1 amide bonds. The Morgan fingerprint density at radius 3 is 2.87 bits per heavy atom. The largest absolute Gasteiger partial charge is 0.354 e. The fourth-order valence-electron chi connectivity index (χ4n) is 2.57. The summed E-state index contributed by atoms with van der Waals surface area (Å²) in [7, 11) is 0. The van der Waals surface area contributed by atoms with E-state index >= 15 is 0 Å². The van der Waals surface area contributed by atoms with Gasteiger partial charge in [-0.15, -0.1) is 0 Å². The van der Waals surface area contributed by atoms with E-state index in [1.54, 1.807) is 0 Å². The minimum atomic E-state index is 0.170. The summed E-state index contributed by atoms with van der Waals surface area (Å²) in [5.41, 5.74) is 0. The molecule has 0 spiro atoms. The smallest absolute Gasteiger partial charge is 0.222 e. The molecule has 0 aliphatic carbocycles. The molecule has 2 heterocycles. The fourth-order valence-corrected chi connectivity index (χ4v) is 2.57. The van der Waals surface area contributed by atoms with Crippen LogP contribution in [0.15, 0.2) is 4.99 Å². The van der Waals surface area contributed by atoms with Gasteiger partial charge in [0, 0.05) is 13.0 Å². The number of amides is 1. The number of carbonyl (C=O) groups is 1.